The molecule has 3 rings (SSSR count). The normalized spacial score (nSPS) is 14.4. The van der Waals surface area contributed by atoms with Crippen LogP contribution in [0.4, 0.5) is 11.4 Å². The second-order valence-electron chi connectivity index (χ2n) is 7.26. The van der Waals surface area contributed by atoms with Crippen molar-refractivity contribution in [3.05, 3.63) is 59.7 Å². The standard InChI is InChI=1S/C21H25N3O4S/c1-16-5-7-17(8-6-16)14-23(29(2,27)28)15-20(25)22-18-9-11-19(12-10-18)24-13-3-4-21(24)26/h5-12H,3-4,13-15H2,1-2H3,(H,22,25). The predicted molar refractivity (Wildman–Crippen MR) is 113 cm³/mol. The Bertz CT molecular complexity index is 986. The summed E-state index contributed by atoms with van der Waals surface area (Å²) in [5.74, 6) is -0.325. The van der Waals surface area contributed by atoms with Crippen molar-refractivity contribution in [3.8, 4) is 0 Å². The van der Waals surface area contributed by atoms with E-state index in [1.54, 1.807) is 29.2 Å². The summed E-state index contributed by atoms with van der Waals surface area (Å²) in [4.78, 5) is 26.0. The van der Waals surface area contributed by atoms with E-state index in [-0.39, 0.29) is 19.0 Å². The maximum Gasteiger partial charge on any atom is 0.239 e. The Morgan fingerprint density at radius 3 is 2.31 bits per heavy atom. The van der Waals surface area contributed by atoms with Crippen LogP contribution in [-0.4, -0.2) is 43.9 Å². The van der Waals surface area contributed by atoms with Gasteiger partial charge in [0, 0.05) is 30.9 Å². The zero-order chi connectivity index (χ0) is 21.0. The average molecular weight is 416 g/mol. The highest BCUT2D eigenvalue weighted by Crippen LogP contribution is 2.23. The molecule has 0 bridgehead atoms. The number of hydrogen-bond donors (Lipinski definition) is 1. The molecule has 0 aromatic heterocycles. The van der Waals surface area contributed by atoms with E-state index >= 15 is 0 Å². The number of sulfonamides is 1. The fraction of sp³-hybridized carbons (Fsp3) is 0.333. The quantitative estimate of drug-likeness (QED) is 0.753. The third-order valence-corrected chi connectivity index (χ3v) is 6.00. The smallest absolute Gasteiger partial charge is 0.239 e. The summed E-state index contributed by atoms with van der Waals surface area (Å²) in [6.45, 7) is 2.50. The van der Waals surface area contributed by atoms with Crippen LogP contribution in [0.5, 0.6) is 0 Å². The zero-order valence-electron chi connectivity index (χ0n) is 16.6. The molecule has 0 aliphatic carbocycles. The van der Waals surface area contributed by atoms with Gasteiger partial charge < -0.3 is 10.2 Å². The third-order valence-electron chi connectivity index (χ3n) is 4.80. The Kier molecular flexibility index (Phi) is 6.34. The molecule has 1 aliphatic rings. The Balaban J connectivity index is 1.63. The van der Waals surface area contributed by atoms with Gasteiger partial charge in [-0.25, -0.2) is 8.42 Å². The molecule has 2 aromatic rings. The zero-order valence-corrected chi connectivity index (χ0v) is 17.4. The first-order valence-corrected chi connectivity index (χ1v) is 11.3. The Hall–Kier alpha value is -2.71. The SMILES string of the molecule is Cc1ccc(CN(CC(=O)Nc2ccc(N3CCCC3=O)cc2)S(C)(=O)=O)cc1. The van der Waals surface area contributed by atoms with Crippen molar-refractivity contribution in [1.82, 2.24) is 4.31 Å². The van der Waals surface area contributed by atoms with Gasteiger partial charge in [0.25, 0.3) is 0 Å². The lowest BCUT2D eigenvalue weighted by molar-refractivity contribution is -0.117. The molecule has 0 spiro atoms. The van der Waals surface area contributed by atoms with Crippen molar-refractivity contribution in [2.45, 2.75) is 26.3 Å². The third kappa shape index (κ3) is 5.65. The number of amides is 2. The minimum atomic E-state index is -3.56. The number of carbonyl (C=O) groups excluding carboxylic acids is 2. The van der Waals surface area contributed by atoms with E-state index < -0.39 is 15.9 Å². The van der Waals surface area contributed by atoms with Crippen molar-refractivity contribution in [2.24, 2.45) is 0 Å². The van der Waals surface area contributed by atoms with Gasteiger partial charge in [-0.3, -0.25) is 9.59 Å². The Morgan fingerprint density at radius 1 is 1.10 bits per heavy atom. The van der Waals surface area contributed by atoms with Crippen molar-refractivity contribution >= 4 is 33.2 Å². The summed E-state index contributed by atoms with van der Waals surface area (Å²) < 4.78 is 25.4. The molecule has 0 radical (unpaired) electrons. The lowest BCUT2D eigenvalue weighted by atomic mass is 10.1. The molecule has 1 saturated heterocycles. The van der Waals surface area contributed by atoms with E-state index in [2.05, 4.69) is 5.32 Å². The molecule has 1 aliphatic heterocycles. The van der Waals surface area contributed by atoms with Gasteiger partial charge in [-0.15, -0.1) is 0 Å². The molecular weight excluding hydrogens is 390 g/mol. The van der Waals surface area contributed by atoms with E-state index in [9.17, 15) is 18.0 Å². The molecule has 1 fully saturated rings. The van der Waals surface area contributed by atoms with Gasteiger partial charge in [0.2, 0.25) is 21.8 Å². The van der Waals surface area contributed by atoms with Crippen LogP contribution in [0.25, 0.3) is 0 Å². The van der Waals surface area contributed by atoms with Crippen LogP contribution in [0.3, 0.4) is 0 Å². The summed E-state index contributed by atoms with van der Waals surface area (Å²) >= 11 is 0. The van der Waals surface area contributed by atoms with Gasteiger partial charge in [0.15, 0.2) is 0 Å². The number of nitrogens with zero attached hydrogens (tertiary/aromatic N) is 2. The molecule has 154 valence electrons. The Morgan fingerprint density at radius 2 is 1.76 bits per heavy atom. The molecule has 0 saturated carbocycles. The minimum absolute atomic E-state index is 0.0988. The van der Waals surface area contributed by atoms with E-state index in [1.165, 1.54) is 0 Å². The van der Waals surface area contributed by atoms with E-state index in [0.29, 0.717) is 18.7 Å². The first kappa shape index (κ1) is 21.0. The van der Waals surface area contributed by atoms with Crippen LogP contribution < -0.4 is 10.2 Å². The molecule has 2 amide bonds. The molecule has 1 N–H and O–H groups in total. The number of aryl methyl sites for hydroxylation is 1. The summed E-state index contributed by atoms with van der Waals surface area (Å²) in [6, 6.07) is 14.5. The molecule has 8 heteroatoms. The first-order valence-electron chi connectivity index (χ1n) is 9.43. The number of anilines is 2. The maximum absolute atomic E-state index is 12.4. The summed E-state index contributed by atoms with van der Waals surface area (Å²) in [6.07, 6.45) is 2.50. The monoisotopic (exact) mass is 415 g/mol. The molecule has 29 heavy (non-hydrogen) atoms. The van der Waals surface area contributed by atoms with Crippen LogP contribution in [0.1, 0.15) is 24.0 Å². The summed E-state index contributed by atoms with van der Waals surface area (Å²) in [7, 11) is -3.56. The fourth-order valence-corrected chi connectivity index (χ4v) is 3.93. The topological polar surface area (TPSA) is 86.8 Å². The molecule has 0 unspecified atom stereocenters. The number of carbonyl (C=O) groups is 2. The van der Waals surface area contributed by atoms with Gasteiger partial charge >= 0.3 is 0 Å². The molecular formula is C21H25N3O4S. The van der Waals surface area contributed by atoms with Crippen LogP contribution in [0, 0.1) is 6.92 Å². The number of rotatable bonds is 7. The molecule has 1 heterocycles. The Labute approximate surface area is 171 Å². The van der Waals surface area contributed by atoms with E-state index in [4.69, 9.17) is 0 Å². The van der Waals surface area contributed by atoms with Crippen molar-refractivity contribution < 1.29 is 18.0 Å². The van der Waals surface area contributed by atoms with Crippen LogP contribution in [0.15, 0.2) is 48.5 Å². The van der Waals surface area contributed by atoms with Gasteiger partial charge in [-0.2, -0.15) is 4.31 Å². The lowest BCUT2D eigenvalue weighted by Gasteiger charge is -2.20. The van der Waals surface area contributed by atoms with Crippen LogP contribution in [0.2, 0.25) is 0 Å². The highest BCUT2D eigenvalue weighted by Gasteiger charge is 2.22. The van der Waals surface area contributed by atoms with E-state index in [1.807, 2.05) is 31.2 Å². The first-order chi connectivity index (χ1) is 13.7. The van der Waals surface area contributed by atoms with Crippen LogP contribution >= 0.6 is 0 Å². The predicted octanol–water partition coefficient (Wildman–Crippen LogP) is 2.52. The maximum atomic E-state index is 12.4. The largest absolute Gasteiger partial charge is 0.325 e. The van der Waals surface area contributed by atoms with E-state index in [0.717, 1.165) is 33.8 Å². The highest BCUT2D eigenvalue weighted by molar-refractivity contribution is 7.88. The summed E-state index contributed by atoms with van der Waals surface area (Å²) in [5, 5.41) is 2.72. The van der Waals surface area contributed by atoms with Gasteiger partial charge in [-0.1, -0.05) is 29.8 Å². The minimum Gasteiger partial charge on any atom is -0.325 e. The lowest BCUT2D eigenvalue weighted by Crippen LogP contribution is -2.36. The van der Waals surface area contributed by atoms with Gasteiger partial charge in [-0.05, 0) is 43.2 Å². The van der Waals surface area contributed by atoms with Crippen molar-refractivity contribution in [2.75, 3.05) is 29.6 Å². The summed E-state index contributed by atoms with van der Waals surface area (Å²) in [5.41, 5.74) is 3.24. The van der Waals surface area contributed by atoms with Crippen molar-refractivity contribution in [1.29, 1.82) is 0 Å². The molecule has 0 atom stereocenters. The number of hydrogen-bond acceptors (Lipinski definition) is 4. The fourth-order valence-electron chi connectivity index (χ4n) is 3.19. The van der Waals surface area contributed by atoms with Gasteiger partial charge in [0.1, 0.15) is 0 Å². The number of benzene rings is 2. The second kappa shape index (κ2) is 8.75. The second-order valence-corrected chi connectivity index (χ2v) is 9.24. The number of nitrogens with one attached hydrogen (secondary N) is 1. The van der Waals surface area contributed by atoms with Gasteiger partial charge in [0.05, 0.1) is 12.8 Å². The highest BCUT2D eigenvalue weighted by atomic mass is 32.2. The molecule has 2 aromatic carbocycles. The van der Waals surface area contributed by atoms with Crippen LogP contribution in [-0.2, 0) is 26.2 Å². The van der Waals surface area contributed by atoms with Crippen molar-refractivity contribution in [3.63, 3.8) is 0 Å². The molecule has 7 nitrogen and oxygen atoms in total. The average Bonchev–Trinajstić information content (AvgIpc) is 3.09.